The van der Waals surface area contributed by atoms with Gasteiger partial charge in [0.2, 0.25) is 11.7 Å². The summed E-state index contributed by atoms with van der Waals surface area (Å²) in [5.41, 5.74) is 1.26. The monoisotopic (exact) mass is 383 g/mol. The van der Waals surface area contributed by atoms with E-state index in [9.17, 15) is 8.78 Å². The normalized spacial score (nSPS) is 17.5. The third-order valence-corrected chi connectivity index (χ3v) is 5.11. The number of nitrogens with zero attached hydrogens (tertiary/aromatic N) is 3. The van der Waals surface area contributed by atoms with Crippen LogP contribution in [-0.4, -0.2) is 34.2 Å². The van der Waals surface area contributed by atoms with Crippen molar-refractivity contribution in [3.8, 4) is 17.1 Å². The average molecular weight is 383 g/mol. The molecular weight excluding hydrogens is 364 g/mol. The highest BCUT2D eigenvalue weighted by molar-refractivity contribution is 5.55. The van der Waals surface area contributed by atoms with Crippen molar-refractivity contribution in [3.63, 3.8) is 0 Å². The molecule has 0 N–H and O–H groups in total. The number of benzene rings is 2. The number of hydrogen-bond acceptors (Lipinski definition) is 5. The van der Waals surface area contributed by atoms with Gasteiger partial charge in [-0.2, -0.15) is 4.98 Å². The molecule has 1 saturated carbocycles. The lowest BCUT2D eigenvalue weighted by molar-refractivity contribution is 0.0139. The molecule has 1 aliphatic heterocycles. The summed E-state index contributed by atoms with van der Waals surface area (Å²) in [7, 11) is 0. The van der Waals surface area contributed by atoms with E-state index in [1.165, 1.54) is 6.07 Å². The van der Waals surface area contributed by atoms with E-state index >= 15 is 0 Å². The lowest BCUT2D eigenvalue weighted by atomic mass is 10.1. The van der Waals surface area contributed by atoms with Gasteiger partial charge in [-0.25, -0.2) is 8.78 Å². The van der Waals surface area contributed by atoms with E-state index in [0.717, 1.165) is 42.2 Å². The van der Waals surface area contributed by atoms with E-state index in [0.29, 0.717) is 36.9 Å². The molecule has 3 aromatic rings. The Morgan fingerprint density at radius 3 is 2.61 bits per heavy atom. The fourth-order valence-corrected chi connectivity index (χ4v) is 3.36. The second kappa shape index (κ2) is 6.98. The molecule has 2 aliphatic rings. The number of aromatic nitrogens is 2. The Bertz CT molecular complexity index is 980. The molecule has 144 valence electrons. The topological polar surface area (TPSA) is 51.4 Å². The van der Waals surface area contributed by atoms with Crippen molar-refractivity contribution < 1.29 is 18.0 Å². The average Bonchev–Trinajstić information content (AvgIpc) is 3.40. The first-order chi connectivity index (χ1) is 13.6. The van der Waals surface area contributed by atoms with Crippen molar-refractivity contribution in [2.45, 2.75) is 31.4 Å². The minimum absolute atomic E-state index is 0.0362. The standard InChI is InChI=1S/C21H19F2N3O2/c22-16-5-8-19(23)15(9-16)10-26-11-18(12-26)27-17-6-3-13(4-7-17)20-24-21(28-25-20)14-1-2-14/h3-9,14,18H,1-2,10-12H2. The van der Waals surface area contributed by atoms with Crippen LogP contribution in [0.15, 0.2) is 47.0 Å². The van der Waals surface area contributed by atoms with Crippen molar-refractivity contribution in [2.75, 3.05) is 13.1 Å². The van der Waals surface area contributed by atoms with Gasteiger partial charge in [0.15, 0.2) is 0 Å². The lowest BCUT2D eigenvalue weighted by Gasteiger charge is -2.39. The first-order valence-electron chi connectivity index (χ1n) is 9.41. The van der Waals surface area contributed by atoms with E-state index in [4.69, 9.17) is 9.26 Å². The molecule has 0 atom stereocenters. The molecular formula is C21H19F2N3O2. The molecule has 0 amide bonds. The van der Waals surface area contributed by atoms with Crippen molar-refractivity contribution in [3.05, 3.63) is 65.6 Å². The van der Waals surface area contributed by atoms with Gasteiger partial charge in [0.25, 0.3) is 0 Å². The Labute approximate surface area is 160 Å². The molecule has 1 aliphatic carbocycles. The summed E-state index contributed by atoms with van der Waals surface area (Å²) < 4.78 is 38.2. The van der Waals surface area contributed by atoms with Crippen LogP contribution in [-0.2, 0) is 6.54 Å². The van der Waals surface area contributed by atoms with Gasteiger partial charge in [-0.15, -0.1) is 0 Å². The maximum atomic E-state index is 13.7. The van der Waals surface area contributed by atoms with Crippen LogP contribution in [0.4, 0.5) is 8.78 Å². The van der Waals surface area contributed by atoms with Gasteiger partial charge < -0.3 is 9.26 Å². The van der Waals surface area contributed by atoms with Gasteiger partial charge in [0.1, 0.15) is 23.5 Å². The summed E-state index contributed by atoms with van der Waals surface area (Å²) >= 11 is 0. The Morgan fingerprint density at radius 1 is 1.07 bits per heavy atom. The molecule has 2 aromatic carbocycles. The summed E-state index contributed by atoms with van der Waals surface area (Å²) in [6, 6.07) is 11.1. The summed E-state index contributed by atoms with van der Waals surface area (Å²) in [6.07, 6.45) is 2.28. The first kappa shape index (κ1) is 17.3. The van der Waals surface area contributed by atoms with Crippen molar-refractivity contribution >= 4 is 0 Å². The SMILES string of the molecule is Fc1ccc(F)c(CN2CC(Oc3ccc(-c4noc(C5CC5)n4)cc3)C2)c1. The Hall–Kier alpha value is -2.80. The number of halogens is 2. The van der Waals surface area contributed by atoms with Gasteiger partial charge in [-0.3, -0.25) is 4.90 Å². The van der Waals surface area contributed by atoms with Gasteiger partial charge in [0.05, 0.1) is 0 Å². The molecule has 5 nitrogen and oxygen atoms in total. The molecule has 0 unspecified atom stereocenters. The quantitative estimate of drug-likeness (QED) is 0.640. The second-order valence-corrected chi connectivity index (χ2v) is 7.42. The smallest absolute Gasteiger partial charge is 0.230 e. The summed E-state index contributed by atoms with van der Waals surface area (Å²) in [5.74, 6) is 1.71. The number of likely N-dealkylation sites (tertiary alicyclic amines) is 1. The molecule has 2 heterocycles. The maximum Gasteiger partial charge on any atom is 0.230 e. The van der Waals surface area contributed by atoms with Crippen LogP contribution in [0.5, 0.6) is 5.75 Å². The fourth-order valence-electron chi connectivity index (χ4n) is 3.36. The third kappa shape index (κ3) is 3.62. The van der Waals surface area contributed by atoms with Gasteiger partial charge in [0, 0.05) is 36.7 Å². The predicted molar refractivity (Wildman–Crippen MR) is 97.8 cm³/mol. The van der Waals surface area contributed by atoms with Crippen molar-refractivity contribution in [2.24, 2.45) is 0 Å². The Balaban J connectivity index is 1.15. The zero-order chi connectivity index (χ0) is 19.1. The van der Waals surface area contributed by atoms with Crippen LogP contribution < -0.4 is 4.74 Å². The zero-order valence-corrected chi connectivity index (χ0v) is 15.1. The van der Waals surface area contributed by atoms with Crippen LogP contribution >= 0.6 is 0 Å². The zero-order valence-electron chi connectivity index (χ0n) is 15.1. The van der Waals surface area contributed by atoms with Crippen LogP contribution in [0.3, 0.4) is 0 Å². The van der Waals surface area contributed by atoms with E-state index in [1.54, 1.807) is 0 Å². The van der Waals surface area contributed by atoms with Crippen LogP contribution in [0, 0.1) is 11.6 Å². The molecule has 2 fully saturated rings. The van der Waals surface area contributed by atoms with Crippen LogP contribution in [0.2, 0.25) is 0 Å². The summed E-state index contributed by atoms with van der Waals surface area (Å²) in [5, 5.41) is 4.04. The molecule has 0 bridgehead atoms. The molecule has 28 heavy (non-hydrogen) atoms. The van der Waals surface area contributed by atoms with E-state index in [1.807, 2.05) is 29.2 Å². The Kier molecular flexibility index (Phi) is 4.31. The first-order valence-corrected chi connectivity index (χ1v) is 9.41. The fraction of sp³-hybridized carbons (Fsp3) is 0.333. The molecule has 1 aromatic heterocycles. The van der Waals surface area contributed by atoms with Crippen molar-refractivity contribution in [1.29, 1.82) is 0 Å². The largest absolute Gasteiger partial charge is 0.488 e. The molecule has 0 radical (unpaired) electrons. The minimum atomic E-state index is -0.421. The number of ether oxygens (including phenoxy) is 1. The van der Waals surface area contributed by atoms with Gasteiger partial charge in [-0.1, -0.05) is 5.16 Å². The van der Waals surface area contributed by atoms with Crippen LogP contribution in [0.1, 0.15) is 30.2 Å². The van der Waals surface area contributed by atoms with Gasteiger partial charge in [-0.05, 0) is 55.3 Å². The molecule has 0 spiro atoms. The van der Waals surface area contributed by atoms with Crippen molar-refractivity contribution in [1.82, 2.24) is 15.0 Å². The highest BCUT2D eigenvalue weighted by atomic mass is 19.1. The molecule has 1 saturated heterocycles. The second-order valence-electron chi connectivity index (χ2n) is 7.42. The van der Waals surface area contributed by atoms with E-state index in [2.05, 4.69) is 10.1 Å². The van der Waals surface area contributed by atoms with E-state index < -0.39 is 5.82 Å². The molecule has 5 rings (SSSR count). The summed E-state index contributed by atoms with van der Waals surface area (Å²) in [4.78, 5) is 6.46. The highest BCUT2D eigenvalue weighted by Gasteiger charge is 2.30. The van der Waals surface area contributed by atoms with E-state index in [-0.39, 0.29) is 11.9 Å². The number of rotatable bonds is 6. The van der Waals surface area contributed by atoms with Crippen LogP contribution in [0.25, 0.3) is 11.4 Å². The summed E-state index contributed by atoms with van der Waals surface area (Å²) in [6.45, 7) is 1.73. The Morgan fingerprint density at radius 2 is 1.86 bits per heavy atom. The molecule has 7 heteroatoms. The maximum absolute atomic E-state index is 13.7. The van der Waals surface area contributed by atoms with Gasteiger partial charge >= 0.3 is 0 Å². The minimum Gasteiger partial charge on any atom is -0.488 e. The predicted octanol–water partition coefficient (Wildman–Crippen LogP) is 4.16. The number of hydrogen-bond donors (Lipinski definition) is 0. The lowest BCUT2D eigenvalue weighted by Crippen LogP contribution is -2.53. The highest BCUT2D eigenvalue weighted by Crippen LogP contribution is 2.39. The third-order valence-electron chi connectivity index (χ3n) is 5.11.